The molecule has 0 aliphatic rings. The standard InChI is InChI=1S/C16H16FNO3/c17-14-5-1-12(2-6-14)9-18-10-13-3-7-15(8-4-13)21-11-16(19)20/h1-8,18H,9-11H2,(H,19,20). The van der Waals surface area contributed by atoms with Crippen LogP contribution in [0.3, 0.4) is 0 Å². The molecular formula is C16H16FNO3. The number of nitrogens with one attached hydrogen (secondary N) is 1. The lowest BCUT2D eigenvalue weighted by Crippen LogP contribution is -2.12. The van der Waals surface area contributed by atoms with Crippen LogP contribution in [-0.4, -0.2) is 17.7 Å². The Morgan fingerprint density at radius 1 is 1.00 bits per heavy atom. The summed E-state index contributed by atoms with van der Waals surface area (Å²) in [5.41, 5.74) is 2.07. The minimum atomic E-state index is -1.000. The van der Waals surface area contributed by atoms with Crippen LogP contribution in [-0.2, 0) is 17.9 Å². The molecule has 0 aliphatic carbocycles. The zero-order valence-electron chi connectivity index (χ0n) is 11.4. The molecular weight excluding hydrogens is 273 g/mol. The number of carbonyl (C=O) groups is 1. The number of aliphatic carboxylic acids is 1. The van der Waals surface area contributed by atoms with Crippen molar-refractivity contribution in [2.75, 3.05) is 6.61 Å². The first-order valence-electron chi connectivity index (χ1n) is 6.52. The van der Waals surface area contributed by atoms with E-state index < -0.39 is 5.97 Å². The van der Waals surface area contributed by atoms with Crippen molar-refractivity contribution in [3.63, 3.8) is 0 Å². The number of halogens is 1. The van der Waals surface area contributed by atoms with Gasteiger partial charge in [-0.05, 0) is 35.4 Å². The quantitative estimate of drug-likeness (QED) is 0.822. The Bertz CT molecular complexity index is 581. The number of benzene rings is 2. The maximum absolute atomic E-state index is 12.8. The Kier molecular flexibility index (Phi) is 5.29. The van der Waals surface area contributed by atoms with Crippen LogP contribution in [0.25, 0.3) is 0 Å². The van der Waals surface area contributed by atoms with Crippen LogP contribution < -0.4 is 10.1 Å². The van der Waals surface area contributed by atoms with Gasteiger partial charge in [-0.1, -0.05) is 24.3 Å². The van der Waals surface area contributed by atoms with E-state index in [2.05, 4.69) is 5.32 Å². The zero-order valence-corrected chi connectivity index (χ0v) is 11.4. The molecule has 2 N–H and O–H groups in total. The third-order valence-electron chi connectivity index (χ3n) is 2.86. The fourth-order valence-electron chi connectivity index (χ4n) is 1.80. The van der Waals surface area contributed by atoms with Crippen LogP contribution in [0.4, 0.5) is 4.39 Å². The van der Waals surface area contributed by atoms with E-state index in [1.54, 1.807) is 24.3 Å². The first kappa shape index (κ1) is 15.0. The van der Waals surface area contributed by atoms with Crippen molar-refractivity contribution in [1.29, 1.82) is 0 Å². The summed E-state index contributed by atoms with van der Waals surface area (Å²) < 4.78 is 17.8. The predicted molar refractivity (Wildman–Crippen MR) is 76.5 cm³/mol. The predicted octanol–water partition coefficient (Wildman–Crippen LogP) is 2.58. The molecule has 0 atom stereocenters. The average molecular weight is 289 g/mol. The molecule has 0 heterocycles. The van der Waals surface area contributed by atoms with E-state index in [0.29, 0.717) is 18.8 Å². The Labute approximate surface area is 122 Å². The molecule has 0 aliphatic heterocycles. The van der Waals surface area contributed by atoms with Gasteiger partial charge in [-0.2, -0.15) is 0 Å². The van der Waals surface area contributed by atoms with E-state index in [9.17, 15) is 9.18 Å². The number of hydrogen-bond donors (Lipinski definition) is 2. The highest BCUT2D eigenvalue weighted by Gasteiger charge is 2.00. The zero-order chi connectivity index (χ0) is 15.1. The van der Waals surface area contributed by atoms with E-state index in [0.717, 1.165) is 11.1 Å². The van der Waals surface area contributed by atoms with E-state index >= 15 is 0 Å². The Morgan fingerprint density at radius 3 is 2.05 bits per heavy atom. The topological polar surface area (TPSA) is 58.6 Å². The first-order chi connectivity index (χ1) is 10.1. The Morgan fingerprint density at radius 2 is 1.52 bits per heavy atom. The lowest BCUT2D eigenvalue weighted by molar-refractivity contribution is -0.139. The van der Waals surface area contributed by atoms with E-state index in [1.807, 2.05) is 12.1 Å². The molecule has 0 saturated carbocycles. The summed E-state index contributed by atoms with van der Waals surface area (Å²) in [6.45, 7) is 0.969. The van der Waals surface area contributed by atoms with Gasteiger partial charge in [-0.15, -0.1) is 0 Å². The second kappa shape index (κ2) is 7.40. The van der Waals surface area contributed by atoms with Crippen molar-refractivity contribution in [2.24, 2.45) is 0 Å². The summed E-state index contributed by atoms with van der Waals surface area (Å²) in [6.07, 6.45) is 0. The molecule has 2 aromatic rings. The molecule has 5 heteroatoms. The summed E-state index contributed by atoms with van der Waals surface area (Å²) in [5, 5.41) is 11.8. The summed E-state index contributed by atoms with van der Waals surface area (Å²) in [4.78, 5) is 10.4. The molecule has 21 heavy (non-hydrogen) atoms. The minimum Gasteiger partial charge on any atom is -0.482 e. The van der Waals surface area contributed by atoms with Crippen molar-refractivity contribution in [1.82, 2.24) is 5.32 Å². The van der Waals surface area contributed by atoms with Crippen LogP contribution >= 0.6 is 0 Å². The molecule has 2 aromatic carbocycles. The molecule has 0 radical (unpaired) electrons. The molecule has 0 aromatic heterocycles. The van der Waals surface area contributed by atoms with E-state index in [-0.39, 0.29) is 12.4 Å². The number of hydrogen-bond acceptors (Lipinski definition) is 3. The largest absolute Gasteiger partial charge is 0.482 e. The van der Waals surface area contributed by atoms with Gasteiger partial charge < -0.3 is 15.2 Å². The third kappa shape index (κ3) is 5.24. The summed E-state index contributed by atoms with van der Waals surface area (Å²) >= 11 is 0. The van der Waals surface area contributed by atoms with Crippen molar-refractivity contribution in [3.05, 3.63) is 65.5 Å². The molecule has 0 saturated heterocycles. The van der Waals surface area contributed by atoms with Gasteiger partial charge >= 0.3 is 5.97 Å². The molecule has 0 fully saturated rings. The van der Waals surface area contributed by atoms with Crippen LogP contribution in [0.2, 0.25) is 0 Å². The number of carboxylic acid groups (broad SMARTS) is 1. The lowest BCUT2D eigenvalue weighted by atomic mass is 10.2. The summed E-state index contributed by atoms with van der Waals surface area (Å²) in [5.74, 6) is -0.713. The van der Waals surface area contributed by atoms with Gasteiger partial charge in [0.1, 0.15) is 11.6 Å². The minimum absolute atomic E-state index is 0.240. The second-order valence-corrected chi connectivity index (χ2v) is 4.56. The summed E-state index contributed by atoms with van der Waals surface area (Å²) in [7, 11) is 0. The second-order valence-electron chi connectivity index (χ2n) is 4.56. The smallest absolute Gasteiger partial charge is 0.341 e. The van der Waals surface area contributed by atoms with Crippen LogP contribution in [0, 0.1) is 5.82 Å². The molecule has 2 rings (SSSR count). The third-order valence-corrected chi connectivity index (χ3v) is 2.86. The highest BCUT2D eigenvalue weighted by Crippen LogP contribution is 2.12. The van der Waals surface area contributed by atoms with Crippen molar-refractivity contribution < 1.29 is 19.0 Å². The van der Waals surface area contributed by atoms with Crippen molar-refractivity contribution in [3.8, 4) is 5.75 Å². The summed E-state index contributed by atoms with van der Waals surface area (Å²) in [6, 6.07) is 13.6. The highest BCUT2D eigenvalue weighted by molar-refractivity contribution is 5.68. The van der Waals surface area contributed by atoms with Crippen LogP contribution in [0.1, 0.15) is 11.1 Å². The maximum atomic E-state index is 12.8. The van der Waals surface area contributed by atoms with Gasteiger partial charge in [-0.25, -0.2) is 9.18 Å². The molecule has 0 spiro atoms. The Balaban J connectivity index is 1.78. The number of carboxylic acids is 1. The maximum Gasteiger partial charge on any atom is 0.341 e. The van der Waals surface area contributed by atoms with Crippen LogP contribution in [0.5, 0.6) is 5.75 Å². The number of rotatable bonds is 7. The highest BCUT2D eigenvalue weighted by atomic mass is 19.1. The van der Waals surface area contributed by atoms with Crippen molar-refractivity contribution >= 4 is 5.97 Å². The average Bonchev–Trinajstić information content (AvgIpc) is 2.48. The van der Waals surface area contributed by atoms with Gasteiger partial charge in [-0.3, -0.25) is 0 Å². The lowest BCUT2D eigenvalue weighted by Gasteiger charge is -2.07. The van der Waals surface area contributed by atoms with Gasteiger partial charge in [0.05, 0.1) is 0 Å². The van der Waals surface area contributed by atoms with Gasteiger partial charge in [0.25, 0.3) is 0 Å². The van der Waals surface area contributed by atoms with Crippen LogP contribution in [0.15, 0.2) is 48.5 Å². The molecule has 4 nitrogen and oxygen atoms in total. The SMILES string of the molecule is O=C(O)COc1ccc(CNCc2ccc(F)cc2)cc1. The van der Waals surface area contributed by atoms with Gasteiger partial charge in [0.2, 0.25) is 0 Å². The first-order valence-corrected chi connectivity index (χ1v) is 6.52. The fourth-order valence-corrected chi connectivity index (χ4v) is 1.80. The van der Waals surface area contributed by atoms with Crippen molar-refractivity contribution in [2.45, 2.75) is 13.1 Å². The van der Waals surface area contributed by atoms with E-state index in [4.69, 9.17) is 9.84 Å². The monoisotopic (exact) mass is 289 g/mol. The number of ether oxygens (including phenoxy) is 1. The van der Waals surface area contributed by atoms with E-state index in [1.165, 1.54) is 12.1 Å². The van der Waals surface area contributed by atoms with Gasteiger partial charge in [0, 0.05) is 13.1 Å². The molecule has 0 bridgehead atoms. The molecule has 0 unspecified atom stereocenters. The normalized spacial score (nSPS) is 10.3. The Hall–Kier alpha value is -2.40. The van der Waals surface area contributed by atoms with Gasteiger partial charge in [0.15, 0.2) is 6.61 Å². The molecule has 110 valence electrons. The molecule has 0 amide bonds. The fraction of sp³-hybridized carbons (Fsp3) is 0.188.